The number of Topliss-reactive ketones (excluding diaryl/α,β-unsaturated/α-hetero) is 1. The van der Waals surface area contributed by atoms with Gasteiger partial charge in [0.25, 0.3) is 0 Å². The van der Waals surface area contributed by atoms with Gasteiger partial charge < -0.3 is 35.2 Å². The Labute approximate surface area is 295 Å². The fraction of sp³-hybridized carbons (Fsp3) is 0.649. The first-order chi connectivity index (χ1) is 24.0. The number of amides is 1. The molecule has 1 heterocycles. The number of aliphatic carboxylic acids is 3. The highest BCUT2D eigenvalue weighted by molar-refractivity contribution is 5.94. The number of unbranched alkanes of at least 4 members (excludes halogenated alkanes) is 8. The van der Waals surface area contributed by atoms with Crippen LogP contribution in [-0.4, -0.2) is 106 Å². The molecule has 0 aliphatic carbocycles. The van der Waals surface area contributed by atoms with Gasteiger partial charge in [-0.25, -0.2) is 9.59 Å². The smallest absolute Gasteiger partial charge is 0.337 e. The highest BCUT2D eigenvalue weighted by atomic mass is 16.5. The minimum atomic E-state index is -3.02. The molecule has 1 aliphatic rings. The summed E-state index contributed by atoms with van der Waals surface area (Å²) >= 11 is 0. The number of rotatable bonds is 27. The molecule has 1 amide bonds. The van der Waals surface area contributed by atoms with Gasteiger partial charge in [0.05, 0.1) is 25.6 Å². The van der Waals surface area contributed by atoms with Crippen LogP contribution in [0, 0.1) is 5.92 Å². The number of carboxylic acids is 3. The molecule has 13 nitrogen and oxygen atoms in total. The van der Waals surface area contributed by atoms with E-state index in [9.17, 15) is 44.4 Å². The number of hydrogen-bond donors (Lipinski definition) is 5. The van der Waals surface area contributed by atoms with Gasteiger partial charge in [-0.2, -0.15) is 0 Å². The van der Waals surface area contributed by atoms with Crippen LogP contribution < -0.4 is 10.1 Å². The molecular weight excluding hydrogens is 648 g/mol. The number of aliphatic hydroxyl groups is 1. The van der Waals surface area contributed by atoms with Crippen LogP contribution in [-0.2, 0) is 35.1 Å². The quantitative estimate of drug-likeness (QED) is 0.0646. The summed E-state index contributed by atoms with van der Waals surface area (Å²) in [5.41, 5.74) is -2.47. The third-order valence-corrected chi connectivity index (χ3v) is 8.81. The van der Waals surface area contributed by atoms with E-state index in [0.717, 1.165) is 70.7 Å². The third kappa shape index (κ3) is 16.3. The molecule has 2 rings (SSSR count). The molecule has 1 aromatic rings. The Hall–Kier alpha value is -3.81. The van der Waals surface area contributed by atoms with E-state index in [1.165, 1.54) is 12.5 Å². The number of carbonyl (C=O) groups is 5. The van der Waals surface area contributed by atoms with Gasteiger partial charge in [-0.1, -0.05) is 69.7 Å². The third-order valence-electron chi connectivity index (χ3n) is 8.81. The fourth-order valence-electron chi connectivity index (χ4n) is 5.77. The highest BCUT2D eigenvalue weighted by Gasteiger charge is 2.49. The molecule has 13 heteroatoms. The van der Waals surface area contributed by atoms with Gasteiger partial charge in [0, 0.05) is 38.9 Å². The summed E-state index contributed by atoms with van der Waals surface area (Å²) < 4.78 is 11.1. The Morgan fingerprint density at radius 3 is 2.12 bits per heavy atom. The number of carboxylic acid groups (broad SMARTS) is 3. The van der Waals surface area contributed by atoms with Gasteiger partial charge in [-0.3, -0.25) is 19.3 Å². The maximum atomic E-state index is 13.4. The molecule has 50 heavy (non-hydrogen) atoms. The molecule has 5 N–H and O–H groups in total. The molecule has 280 valence electrons. The average molecular weight is 705 g/mol. The molecule has 0 bridgehead atoms. The standard InChI is InChI=1S/C37H56N2O11/c1-2-3-4-7-10-13-29(40)14-11-8-5-6-9-12-15-31(37(48,36(46)47)27-33(41)42)34(43)38-32(35(44)45)26-28-16-18-30(19-17-28)50-25-22-39-20-23-49-24-21-39/h12,15-19,31-32,48H,2-11,13-14,20-27H2,1H3,(H,38,43)(H,41,42)(H,44,45)(H,46,47)/b15-12+/t31-,32-,37-/m0/s1. The van der Waals surface area contributed by atoms with E-state index in [2.05, 4.69) is 17.1 Å². The molecule has 0 unspecified atom stereocenters. The lowest BCUT2D eigenvalue weighted by molar-refractivity contribution is -0.172. The maximum Gasteiger partial charge on any atom is 0.337 e. The average Bonchev–Trinajstić information content (AvgIpc) is 3.07. The van der Waals surface area contributed by atoms with Crippen LogP contribution in [0.2, 0.25) is 0 Å². The minimum Gasteiger partial charge on any atom is -0.492 e. The summed E-state index contributed by atoms with van der Waals surface area (Å²) in [5, 5.41) is 42.2. The molecule has 0 aromatic heterocycles. The van der Waals surface area contributed by atoms with Crippen LogP contribution >= 0.6 is 0 Å². The van der Waals surface area contributed by atoms with Crippen molar-refractivity contribution < 1.29 is 53.9 Å². The maximum absolute atomic E-state index is 13.4. The van der Waals surface area contributed by atoms with Gasteiger partial charge in [-0.05, 0) is 43.4 Å². The summed E-state index contributed by atoms with van der Waals surface area (Å²) in [5.74, 6) is -7.10. The predicted molar refractivity (Wildman–Crippen MR) is 186 cm³/mol. The van der Waals surface area contributed by atoms with Crippen LogP contribution in [0.1, 0.15) is 96.0 Å². The summed E-state index contributed by atoms with van der Waals surface area (Å²) in [6.45, 7) is 6.40. The van der Waals surface area contributed by atoms with E-state index in [-0.39, 0.29) is 12.2 Å². The molecule has 1 aliphatic heterocycles. The summed E-state index contributed by atoms with van der Waals surface area (Å²) in [6, 6.07) is 5.20. The zero-order chi connectivity index (χ0) is 36.8. The van der Waals surface area contributed by atoms with Crippen LogP contribution in [0.25, 0.3) is 0 Å². The van der Waals surface area contributed by atoms with Gasteiger partial charge in [0.1, 0.15) is 24.2 Å². The van der Waals surface area contributed by atoms with E-state index in [1.807, 2.05) is 0 Å². The molecule has 0 spiro atoms. The molecular formula is C37H56N2O11. The van der Waals surface area contributed by atoms with E-state index in [1.54, 1.807) is 24.3 Å². The molecule has 0 saturated carbocycles. The van der Waals surface area contributed by atoms with Crippen LogP contribution in [0.4, 0.5) is 0 Å². The van der Waals surface area contributed by atoms with Crippen LogP contribution in [0.5, 0.6) is 5.75 Å². The van der Waals surface area contributed by atoms with E-state index in [4.69, 9.17) is 9.47 Å². The number of allylic oxidation sites excluding steroid dienone is 1. The number of nitrogens with one attached hydrogen (secondary N) is 1. The molecule has 1 saturated heterocycles. The summed E-state index contributed by atoms with van der Waals surface area (Å²) in [4.78, 5) is 63.4. The zero-order valence-corrected chi connectivity index (χ0v) is 29.4. The van der Waals surface area contributed by atoms with Crippen LogP contribution in [0.15, 0.2) is 36.4 Å². The van der Waals surface area contributed by atoms with Crippen molar-refractivity contribution in [3.05, 3.63) is 42.0 Å². The van der Waals surface area contributed by atoms with Crippen molar-refractivity contribution in [2.75, 3.05) is 39.5 Å². The Balaban J connectivity index is 1.95. The van der Waals surface area contributed by atoms with Crippen molar-refractivity contribution in [2.45, 2.75) is 108 Å². The SMILES string of the molecule is CCCCCCCC(=O)CCCCCC/C=C/[C@@H](C(=O)N[C@@H](Cc1ccc(OCCN2CCOCC2)cc1)C(=O)O)[C@@](O)(CC(=O)O)C(=O)O. The normalized spacial score (nSPS) is 16.0. The second-order valence-electron chi connectivity index (χ2n) is 12.9. The molecule has 3 atom stereocenters. The molecule has 1 aromatic carbocycles. The Kier molecular flexibility index (Phi) is 20.0. The monoisotopic (exact) mass is 704 g/mol. The van der Waals surface area contributed by atoms with Crippen molar-refractivity contribution in [1.82, 2.24) is 10.2 Å². The van der Waals surface area contributed by atoms with Crippen LogP contribution in [0.3, 0.4) is 0 Å². The lowest BCUT2D eigenvalue weighted by atomic mass is 9.82. The van der Waals surface area contributed by atoms with E-state index >= 15 is 0 Å². The topological polar surface area (TPSA) is 200 Å². The summed E-state index contributed by atoms with van der Waals surface area (Å²) in [7, 11) is 0. The van der Waals surface area contributed by atoms with Crippen molar-refractivity contribution in [3.63, 3.8) is 0 Å². The second-order valence-corrected chi connectivity index (χ2v) is 12.9. The predicted octanol–water partition coefficient (Wildman–Crippen LogP) is 4.24. The largest absolute Gasteiger partial charge is 0.492 e. The number of benzene rings is 1. The Morgan fingerprint density at radius 2 is 1.54 bits per heavy atom. The van der Waals surface area contributed by atoms with Gasteiger partial charge in [0.15, 0.2) is 5.60 Å². The lowest BCUT2D eigenvalue weighted by Gasteiger charge is -2.29. The van der Waals surface area contributed by atoms with Crippen molar-refractivity contribution in [3.8, 4) is 5.75 Å². The van der Waals surface area contributed by atoms with Crippen molar-refractivity contribution in [1.29, 1.82) is 0 Å². The fourth-order valence-corrected chi connectivity index (χ4v) is 5.77. The van der Waals surface area contributed by atoms with E-state index < -0.39 is 47.8 Å². The summed E-state index contributed by atoms with van der Waals surface area (Å²) in [6.07, 6.45) is 11.3. The zero-order valence-electron chi connectivity index (χ0n) is 29.4. The van der Waals surface area contributed by atoms with Crippen molar-refractivity contribution in [2.24, 2.45) is 5.92 Å². The number of ketones is 1. The number of carbonyl (C=O) groups excluding carboxylic acids is 2. The van der Waals surface area contributed by atoms with Gasteiger partial charge >= 0.3 is 17.9 Å². The first-order valence-corrected chi connectivity index (χ1v) is 17.9. The number of ether oxygens (including phenoxy) is 2. The van der Waals surface area contributed by atoms with E-state index in [0.29, 0.717) is 56.8 Å². The molecule has 0 radical (unpaired) electrons. The number of nitrogens with zero attached hydrogens (tertiary/aromatic N) is 1. The van der Waals surface area contributed by atoms with Crippen molar-refractivity contribution >= 4 is 29.6 Å². The molecule has 1 fully saturated rings. The Morgan fingerprint density at radius 1 is 0.920 bits per heavy atom. The Bertz CT molecular complexity index is 1230. The number of hydrogen-bond acceptors (Lipinski definition) is 9. The second kappa shape index (κ2) is 23.6. The first kappa shape index (κ1) is 42.4. The van der Waals surface area contributed by atoms with Gasteiger partial charge in [-0.15, -0.1) is 0 Å². The number of morpholine rings is 1. The highest BCUT2D eigenvalue weighted by Crippen LogP contribution is 2.26. The van der Waals surface area contributed by atoms with Gasteiger partial charge in [0.2, 0.25) is 5.91 Å². The minimum absolute atomic E-state index is 0.155. The lowest BCUT2D eigenvalue weighted by Crippen LogP contribution is -2.55. The first-order valence-electron chi connectivity index (χ1n) is 17.9.